The largest absolute Gasteiger partial charge is 0.332 e. The molecule has 0 N–H and O–H groups in total. The van der Waals surface area contributed by atoms with Gasteiger partial charge in [0.2, 0.25) is 0 Å². The van der Waals surface area contributed by atoms with Crippen LogP contribution in [0.3, 0.4) is 0 Å². The van der Waals surface area contributed by atoms with Crippen molar-refractivity contribution in [3.05, 3.63) is 48.5 Å². The molecule has 0 amide bonds. The average Bonchev–Trinajstić information content (AvgIpc) is 2.41. The SMILES string of the molecule is O=S(=O)(F)c1ccc2cc3cc(S(=O)(=O)F)ccc3cc2c1. The van der Waals surface area contributed by atoms with E-state index < -0.39 is 30.2 Å². The smallest absolute Gasteiger partial charge is 0.189 e. The van der Waals surface area contributed by atoms with Crippen molar-refractivity contribution in [1.82, 2.24) is 0 Å². The van der Waals surface area contributed by atoms with Gasteiger partial charge in [0, 0.05) is 0 Å². The van der Waals surface area contributed by atoms with Crippen molar-refractivity contribution in [2.45, 2.75) is 9.79 Å². The fourth-order valence-electron chi connectivity index (χ4n) is 2.26. The van der Waals surface area contributed by atoms with E-state index in [2.05, 4.69) is 0 Å². The minimum Gasteiger partial charge on any atom is -0.189 e. The van der Waals surface area contributed by atoms with E-state index in [1.165, 1.54) is 24.3 Å². The number of benzene rings is 3. The lowest BCUT2D eigenvalue weighted by molar-refractivity contribution is 0.550. The molecule has 0 unspecified atom stereocenters. The molecule has 8 heteroatoms. The Kier molecular flexibility index (Phi) is 3.19. The molecule has 4 nitrogen and oxygen atoms in total. The number of hydrogen-bond acceptors (Lipinski definition) is 4. The summed E-state index contributed by atoms with van der Waals surface area (Å²) in [6, 6.07) is 10.5. The molecule has 114 valence electrons. The van der Waals surface area contributed by atoms with Crippen LogP contribution in [0.25, 0.3) is 21.5 Å². The van der Waals surface area contributed by atoms with E-state index in [9.17, 15) is 24.6 Å². The monoisotopic (exact) mass is 342 g/mol. The molecule has 0 fully saturated rings. The second-order valence-corrected chi connectivity index (χ2v) is 7.44. The lowest BCUT2D eigenvalue weighted by Gasteiger charge is -2.05. The first-order chi connectivity index (χ1) is 10.1. The van der Waals surface area contributed by atoms with Crippen molar-refractivity contribution >= 4 is 42.0 Å². The normalized spacial score (nSPS) is 12.8. The molecule has 0 spiro atoms. The van der Waals surface area contributed by atoms with Crippen molar-refractivity contribution in [2.75, 3.05) is 0 Å². The van der Waals surface area contributed by atoms with Gasteiger partial charge in [0.25, 0.3) is 0 Å². The lowest BCUT2D eigenvalue weighted by Crippen LogP contribution is -1.92. The molecule has 0 bridgehead atoms. The maximum Gasteiger partial charge on any atom is 0.332 e. The Morgan fingerprint density at radius 1 is 0.545 bits per heavy atom. The van der Waals surface area contributed by atoms with Crippen LogP contribution in [-0.4, -0.2) is 16.8 Å². The first-order valence-electron chi connectivity index (χ1n) is 6.01. The fraction of sp³-hybridized carbons (Fsp3) is 0. The molecular formula is C14H8F2O4S2. The van der Waals surface area contributed by atoms with Gasteiger partial charge in [0.05, 0.1) is 9.79 Å². The summed E-state index contributed by atoms with van der Waals surface area (Å²) < 4.78 is 69.7. The fourth-order valence-corrected chi connectivity index (χ4v) is 3.25. The van der Waals surface area contributed by atoms with Crippen LogP contribution in [0.4, 0.5) is 7.77 Å². The van der Waals surface area contributed by atoms with Crippen LogP contribution in [0.15, 0.2) is 58.3 Å². The molecule has 0 saturated carbocycles. The highest BCUT2D eigenvalue weighted by Crippen LogP contribution is 2.28. The first kappa shape index (κ1) is 14.9. The van der Waals surface area contributed by atoms with Crippen molar-refractivity contribution in [1.29, 1.82) is 0 Å². The highest BCUT2D eigenvalue weighted by molar-refractivity contribution is 7.86. The van der Waals surface area contributed by atoms with Gasteiger partial charge in [-0.05, 0) is 57.9 Å². The van der Waals surface area contributed by atoms with Gasteiger partial charge >= 0.3 is 20.4 Å². The molecule has 0 aliphatic heterocycles. The summed E-state index contributed by atoms with van der Waals surface area (Å²) in [6.07, 6.45) is 0. The van der Waals surface area contributed by atoms with Crippen molar-refractivity contribution in [3.8, 4) is 0 Å². The summed E-state index contributed by atoms with van der Waals surface area (Å²) in [7, 11) is -9.61. The molecule has 0 aliphatic carbocycles. The van der Waals surface area contributed by atoms with Gasteiger partial charge in [-0.15, -0.1) is 7.77 Å². The molecule has 0 radical (unpaired) electrons. The number of halogens is 2. The number of fused-ring (bicyclic) bond motifs is 2. The Morgan fingerprint density at radius 2 is 0.909 bits per heavy atom. The second kappa shape index (κ2) is 4.72. The molecule has 0 saturated heterocycles. The molecule has 3 aromatic carbocycles. The molecule has 0 aromatic heterocycles. The third-order valence-corrected chi connectivity index (χ3v) is 4.94. The van der Waals surface area contributed by atoms with E-state index in [0.29, 0.717) is 21.5 Å². The van der Waals surface area contributed by atoms with Crippen LogP contribution in [0, 0.1) is 0 Å². The summed E-state index contributed by atoms with van der Waals surface area (Å²) in [5.74, 6) is 0. The summed E-state index contributed by atoms with van der Waals surface area (Å²) in [6.45, 7) is 0. The summed E-state index contributed by atoms with van der Waals surface area (Å²) >= 11 is 0. The zero-order chi connectivity index (χ0) is 16.1. The average molecular weight is 342 g/mol. The Morgan fingerprint density at radius 3 is 1.23 bits per heavy atom. The summed E-state index contributed by atoms with van der Waals surface area (Å²) in [4.78, 5) is -0.912. The molecular weight excluding hydrogens is 334 g/mol. The van der Waals surface area contributed by atoms with Crippen LogP contribution < -0.4 is 0 Å². The minimum atomic E-state index is -4.80. The Balaban J connectivity index is 2.31. The lowest BCUT2D eigenvalue weighted by atomic mass is 10.0. The van der Waals surface area contributed by atoms with E-state index >= 15 is 0 Å². The predicted octanol–water partition coefficient (Wildman–Crippen LogP) is 3.31. The van der Waals surface area contributed by atoms with Gasteiger partial charge in [-0.1, -0.05) is 12.1 Å². The standard InChI is InChI=1S/C14H8F2O4S2/c15-21(17,18)13-3-1-9-5-12-8-14(22(16,19)20)4-2-10(12)6-11(9)7-13/h1-8H. The number of hydrogen-bond donors (Lipinski definition) is 0. The van der Waals surface area contributed by atoms with Gasteiger partial charge < -0.3 is 0 Å². The Bertz CT molecular complexity index is 1030. The molecule has 22 heavy (non-hydrogen) atoms. The zero-order valence-electron chi connectivity index (χ0n) is 10.8. The second-order valence-electron chi connectivity index (χ2n) is 4.75. The first-order valence-corrected chi connectivity index (χ1v) is 8.78. The highest BCUT2D eigenvalue weighted by Gasteiger charge is 2.14. The maximum atomic E-state index is 13.0. The quantitative estimate of drug-likeness (QED) is 0.529. The zero-order valence-corrected chi connectivity index (χ0v) is 12.5. The van der Waals surface area contributed by atoms with Gasteiger partial charge in [0.1, 0.15) is 0 Å². The van der Waals surface area contributed by atoms with Crippen molar-refractivity contribution in [2.24, 2.45) is 0 Å². The Hall–Kier alpha value is -2.06. The van der Waals surface area contributed by atoms with Crippen LogP contribution in [0.5, 0.6) is 0 Å². The molecule has 3 rings (SSSR count). The molecule has 0 heterocycles. The van der Waals surface area contributed by atoms with E-state index in [-0.39, 0.29) is 0 Å². The van der Waals surface area contributed by atoms with E-state index in [1.807, 2.05) is 0 Å². The highest BCUT2D eigenvalue weighted by atomic mass is 32.3. The van der Waals surface area contributed by atoms with Crippen molar-refractivity contribution in [3.63, 3.8) is 0 Å². The van der Waals surface area contributed by atoms with Crippen LogP contribution in [0.1, 0.15) is 0 Å². The predicted molar refractivity (Wildman–Crippen MR) is 78.0 cm³/mol. The molecule has 3 aromatic rings. The van der Waals surface area contributed by atoms with Gasteiger partial charge in [-0.2, -0.15) is 16.8 Å². The summed E-state index contributed by atoms with van der Waals surface area (Å²) in [5, 5.41) is 2.10. The third-order valence-electron chi connectivity index (χ3n) is 3.30. The number of rotatable bonds is 2. The van der Waals surface area contributed by atoms with Gasteiger partial charge in [-0.3, -0.25) is 0 Å². The minimum absolute atomic E-state index is 0.456. The van der Waals surface area contributed by atoms with Gasteiger partial charge in [-0.25, -0.2) is 0 Å². The Labute approximate surface area is 125 Å². The van der Waals surface area contributed by atoms with E-state index in [0.717, 1.165) is 12.1 Å². The van der Waals surface area contributed by atoms with Crippen molar-refractivity contribution < 1.29 is 24.6 Å². The van der Waals surface area contributed by atoms with Crippen LogP contribution >= 0.6 is 0 Å². The maximum absolute atomic E-state index is 13.0. The molecule has 0 aliphatic rings. The van der Waals surface area contributed by atoms with Crippen LogP contribution in [0.2, 0.25) is 0 Å². The van der Waals surface area contributed by atoms with Crippen LogP contribution in [-0.2, 0) is 20.4 Å². The molecule has 0 atom stereocenters. The van der Waals surface area contributed by atoms with E-state index in [1.54, 1.807) is 12.1 Å². The summed E-state index contributed by atoms with van der Waals surface area (Å²) in [5.41, 5.74) is 0. The van der Waals surface area contributed by atoms with E-state index in [4.69, 9.17) is 0 Å². The third kappa shape index (κ3) is 2.67. The van der Waals surface area contributed by atoms with Gasteiger partial charge in [0.15, 0.2) is 0 Å². The topological polar surface area (TPSA) is 68.3 Å².